The predicted molar refractivity (Wildman–Crippen MR) is 40.3 cm³/mol. The largest absolute Gasteiger partial charge is 0.362 e. The van der Waals surface area contributed by atoms with Crippen molar-refractivity contribution >= 4 is 0 Å². The van der Waals surface area contributed by atoms with E-state index in [9.17, 15) is 0 Å². The molecule has 0 amide bonds. The molecular weight excluding hydrogens is 130 g/mol. The SMILES string of the molecule is CC/C=C\C(O)(O)CCN. The van der Waals surface area contributed by atoms with Crippen molar-refractivity contribution in [3.8, 4) is 0 Å². The van der Waals surface area contributed by atoms with Gasteiger partial charge in [0, 0.05) is 6.42 Å². The Morgan fingerprint density at radius 2 is 2.10 bits per heavy atom. The summed E-state index contributed by atoms with van der Waals surface area (Å²) in [6, 6.07) is 0. The zero-order chi connectivity index (χ0) is 8.04. The van der Waals surface area contributed by atoms with Gasteiger partial charge >= 0.3 is 0 Å². The van der Waals surface area contributed by atoms with Crippen LogP contribution in [0, 0.1) is 0 Å². The molecule has 10 heavy (non-hydrogen) atoms. The molecule has 0 spiro atoms. The lowest BCUT2D eigenvalue weighted by Crippen LogP contribution is -2.28. The Bertz CT molecular complexity index is 110. The Hall–Kier alpha value is -0.380. The van der Waals surface area contributed by atoms with Crippen LogP contribution in [0.3, 0.4) is 0 Å². The zero-order valence-corrected chi connectivity index (χ0v) is 6.25. The Morgan fingerprint density at radius 3 is 2.50 bits per heavy atom. The summed E-state index contributed by atoms with van der Waals surface area (Å²) in [4.78, 5) is 0. The summed E-state index contributed by atoms with van der Waals surface area (Å²) in [6.45, 7) is 2.20. The first-order valence-corrected chi connectivity index (χ1v) is 3.45. The Balaban J connectivity index is 3.73. The number of allylic oxidation sites excluding steroid dienone is 1. The molecule has 0 bridgehead atoms. The Labute approximate surface area is 61.2 Å². The summed E-state index contributed by atoms with van der Waals surface area (Å²) in [7, 11) is 0. The molecule has 0 rings (SSSR count). The van der Waals surface area contributed by atoms with Crippen molar-refractivity contribution in [2.75, 3.05) is 6.54 Å². The molecule has 0 aliphatic rings. The van der Waals surface area contributed by atoms with Crippen LogP contribution < -0.4 is 5.73 Å². The molecule has 0 aromatic heterocycles. The first-order chi connectivity index (χ1) is 4.62. The van der Waals surface area contributed by atoms with E-state index in [0.717, 1.165) is 6.42 Å². The average Bonchev–Trinajstić information content (AvgIpc) is 1.84. The molecule has 0 aliphatic carbocycles. The molecule has 0 aromatic carbocycles. The summed E-state index contributed by atoms with van der Waals surface area (Å²) in [6.07, 6.45) is 4.05. The van der Waals surface area contributed by atoms with Crippen LogP contribution in [0.15, 0.2) is 12.2 Å². The van der Waals surface area contributed by atoms with Gasteiger partial charge in [-0.15, -0.1) is 0 Å². The molecule has 0 aromatic rings. The summed E-state index contributed by atoms with van der Waals surface area (Å²) in [5, 5.41) is 18.1. The molecule has 0 radical (unpaired) electrons. The van der Waals surface area contributed by atoms with Crippen LogP contribution in [0.1, 0.15) is 19.8 Å². The molecule has 3 nitrogen and oxygen atoms in total. The van der Waals surface area contributed by atoms with Crippen molar-refractivity contribution in [1.82, 2.24) is 0 Å². The van der Waals surface area contributed by atoms with Gasteiger partial charge in [0.2, 0.25) is 0 Å². The molecule has 3 heteroatoms. The highest BCUT2D eigenvalue weighted by Crippen LogP contribution is 2.06. The topological polar surface area (TPSA) is 66.5 Å². The molecule has 0 unspecified atom stereocenters. The molecule has 0 heterocycles. The van der Waals surface area contributed by atoms with E-state index in [1.807, 2.05) is 6.92 Å². The smallest absolute Gasteiger partial charge is 0.183 e. The summed E-state index contributed by atoms with van der Waals surface area (Å²) in [5.41, 5.74) is 5.13. The van der Waals surface area contributed by atoms with Gasteiger partial charge in [-0.25, -0.2) is 0 Å². The van der Waals surface area contributed by atoms with Crippen molar-refractivity contribution in [1.29, 1.82) is 0 Å². The van der Waals surface area contributed by atoms with Crippen molar-refractivity contribution in [3.63, 3.8) is 0 Å². The van der Waals surface area contributed by atoms with Gasteiger partial charge in [0.05, 0.1) is 0 Å². The highest BCUT2D eigenvalue weighted by Gasteiger charge is 2.15. The molecule has 0 saturated heterocycles. The first kappa shape index (κ1) is 9.62. The molecule has 4 N–H and O–H groups in total. The minimum atomic E-state index is -1.70. The van der Waals surface area contributed by atoms with Gasteiger partial charge < -0.3 is 15.9 Å². The third kappa shape index (κ3) is 4.49. The van der Waals surface area contributed by atoms with Crippen LogP contribution >= 0.6 is 0 Å². The second-order valence-corrected chi connectivity index (χ2v) is 2.23. The highest BCUT2D eigenvalue weighted by molar-refractivity contribution is 4.93. The lowest BCUT2D eigenvalue weighted by atomic mass is 10.2. The Kier molecular flexibility index (Phi) is 4.27. The maximum absolute atomic E-state index is 9.03. The maximum atomic E-state index is 9.03. The van der Waals surface area contributed by atoms with Gasteiger partial charge in [-0.3, -0.25) is 0 Å². The minimum absolute atomic E-state index is 0.184. The molecule has 0 atom stereocenters. The normalized spacial score (nSPS) is 12.8. The lowest BCUT2D eigenvalue weighted by molar-refractivity contribution is -0.121. The fourth-order valence-corrected chi connectivity index (χ4v) is 0.602. The van der Waals surface area contributed by atoms with Crippen LogP contribution in [0.4, 0.5) is 0 Å². The van der Waals surface area contributed by atoms with E-state index in [2.05, 4.69) is 0 Å². The molecule has 0 aliphatic heterocycles. The number of nitrogens with two attached hydrogens (primary N) is 1. The van der Waals surface area contributed by atoms with Gasteiger partial charge in [-0.1, -0.05) is 13.0 Å². The minimum Gasteiger partial charge on any atom is -0.362 e. The summed E-state index contributed by atoms with van der Waals surface area (Å²) in [5.74, 6) is -1.70. The monoisotopic (exact) mass is 145 g/mol. The number of hydrogen-bond acceptors (Lipinski definition) is 3. The Morgan fingerprint density at radius 1 is 1.50 bits per heavy atom. The van der Waals surface area contributed by atoms with E-state index >= 15 is 0 Å². The lowest BCUT2D eigenvalue weighted by Gasteiger charge is -2.15. The third-order valence-corrected chi connectivity index (χ3v) is 1.13. The standard InChI is InChI=1S/C7H15NO2/c1-2-3-4-7(9,10)5-6-8/h3-4,9-10H,2,5-6,8H2,1H3/b4-3-. The van der Waals surface area contributed by atoms with Gasteiger partial charge in [0.15, 0.2) is 5.79 Å². The highest BCUT2D eigenvalue weighted by atomic mass is 16.5. The molecule has 60 valence electrons. The van der Waals surface area contributed by atoms with Crippen molar-refractivity contribution < 1.29 is 10.2 Å². The zero-order valence-electron chi connectivity index (χ0n) is 6.25. The van der Waals surface area contributed by atoms with Crippen molar-refractivity contribution in [2.24, 2.45) is 5.73 Å². The second kappa shape index (κ2) is 4.44. The molecule has 0 saturated carbocycles. The number of aliphatic hydroxyl groups is 2. The van der Waals surface area contributed by atoms with Crippen LogP contribution in [0.25, 0.3) is 0 Å². The second-order valence-electron chi connectivity index (χ2n) is 2.23. The summed E-state index contributed by atoms with van der Waals surface area (Å²) >= 11 is 0. The number of rotatable bonds is 4. The van der Waals surface area contributed by atoms with Crippen molar-refractivity contribution in [3.05, 3.63) is 12.2 Å². The van der Waals surface area contributed by atoms with Gasteiger partial charge in [-0.2, -0.15) is 0 Å². The van der Waals surface area contributed by atoms with Crippen LogP contribution in [0.5, 0.6) is 0 Å². The third-order valence-electron chi connectivity index (χ3n) is 1.13. The van der Waals surface area contributed by atoms with Crippen LogP contribution in [0.2, 0.25) is 0 Å². The van der Waals surface area contributed by atoms with Crippen LogP contribution in [-0.2, 0) is 0 Å². The first-order valence-electron chi connectivity index (χ1n) is 3.45. The van der Waals surface area contributed by atoms with E-state index in [1.54, 1.807) is 6.08 Å². The predicted octanol–water partition coefficient (Wildman–Crippen LogP) is -0.0177. The van der Waals surface area contributed by atoms with Crippen LogP contribution in [-0.4, -0.2) is 22.5 Å². The maximum Gasteiger partial charge on any atom is 0.183 e. The van der Waals surface area contributed by atoms with Gasteiger partial charge in [0.25, 0.3) is 0 Å². The average molecular weight is 145 g/mol. The number of hydrogen-bond donors (Lipinski definition) is 3. The van der Waals surface area contributed by atoms with Gasteiger partial charge in [-0.05, 0) is 19.0 Å². The van der Waals surface area contributed by atoms with E-state index < -0.39 is 5.79 Å². The molecular formula is C7H15NO2. The summed E-state index contributed by atoms with van der Waals surface area (Å²) < 4.78 is 0. The quantitative estimate of drug-likeness (QED) is 0.385. The van der Waals surface area contributed by atoms with Crippen molar-refractivity contribution in [2.45, 2.75) is 25.6 Å². The fraction of sp³-hybridized carbons (Fsp3) is 0.714. The van der Waals surface area contributed by atoms with Gasteiger partial charge in [0.1, 0.15) is 0 Å². The van der Waals surface area contributed by atoms with E-state index in [4.69, 9.17) is 15.9 Å². The van der Waals surface area contributed by atoms with E-state index in [-0.39, 0.29) is 13.0 Å². The fourth-order valence-electron chi connectivity index (χ4n) is 0.602. The van der Waals surface area contributed by atoms with E-state index in [0.29, 0.717) is 0 Å². The van der Waals surface area contributed by atoms with E-state index in [1.165, 1.54) is 6.08 Å². The molecule has 0 fully saturated rings.